The van der Waals surface area contributed by atoms with Crippen molar-refractivity contribution in [3.63, 3.8) is 0 Å². The van der Waals surface area contributed by atoms with E-state index in [1.807, 2.05) is 12.1 Å². The highest BCUT2D eigenvalue weighted by Crippen LogP contribution is 2.13. The lowest BCUT2D eigenvalue weighted by Gasteiger charge is -2.04. The van der Waals surface area contributed by atoms with Crippen molar-refractivity contribution < 1.29 is 8.95 Å². The molecule has 1 heterocycles. The first-order chi connectivity index (χ1) is 9.46. The second kappa shape index (κ2) is 6.19. The summed E-state index contributed by atoms with van der Waals surface area (Å²) in [6.45, 7) is 1.28. The molecule has 0 radical (unpaired) electrons. The first kappa shape index (κ1) is 14.7. The van der Waals surface area contributed by atoms with Crippen LogP contribution in [0.1, 0.15) is 11.1 Å². The van der Waals surface area contributed by atoms with Crippen LogP contribution in [0.25, 0.3) is 0 Å². The zero-order valence-electron chi connectivity index (χ0n) is 11.9. The van der Waals surface area contributed by atoms with Crippen LogP contribution in [-0.2, 0) is 27.6 Å². The van der Waals surface area contributed by atoms with E-state index in [-0.39, 0.29) is 0 Å². The van der Waals surface area contributed by atoms with Crippen molar-refractivity contribution in [2.75, 3.05) is 19.6 Å². The Hall–Kier alpha value is -1.66. The molecule has 20 heavy (non-hydrogen) atoms. The SMILES string of the molecule is COCc1ccc(Cn2cc(N=S(C)(C)=O)cn2)cc1. The highest BCUT2D eigenvalue weighted by atomic mass is 32.2. The molecule has 0 aliphatic carbocycles. The zero-order chi connectivity index (χ0) is 14.6. The average Bonchev–Trinajstić information content (AvgIpc) is 2.77. The van der Waals surface area contributed by atoms with Gasteiger partial charge in [0, 0.05) is 29.4 Å². The molecule has 0 N–H and O–H groups in total. The molecule has 6 heteroatoms. The van der Waals surface area contributed by atoms with Gasteiger partial charge in [0.05, 0.1) is 25.5 Å². The topological polar surface area (TPSA) is 56.5 Å². The van der Waals surface area contributed by atoms with Gasteiger partial charge in [-0.1, -0.05) is 24.3 Å². The summed E-state index contributed by atoms with van der Waals surface area (Å²) in [6.07, 6.45) is 6.65. The van der Waals surface area contributed by atoms with Crippen LogP contribution in [0.4, 0.5) is 5.69 Å². The lowest BCUT2D eigenvalue weighted by molar-refractivity contribution is 0.185. The van der Waals surface area contributed by atoms with Crippen molar-refractivity contribution in [2.45, 2.75) is 13.2 Å². The number of methoxy groups -OCH3 is 1. The van der Waals surface area contributed by atoms with Crippen molar-refractivity contribution in [1.29, 1.82) is 0 Å². The average molecular weight is 293 g/mol. The number of nitrogens with zero attached hydrogens (tertiary/aromatic N) is 3. The Balaban J connectivity index is 2.09. The van der Waals surface area contributed by atoms with Crippen LogP contribution in [-0.4, -0.2) is 33.6 Å². The molecule has 0 aliphatic heterocycles. The Kier molecular flexibility index (Phi) is 4.57. The minimum absolute atomic E-state index is 0.617. The maximum Gasteiger partial charge on any atom is 0.111 e. The smallest absolute Gasteiger partial charge is 0.111 e. The first-order valence-corrected chi connectivity index (χ1v) is 8.56. The van der Waals surface area contributed by atoms with Gasteiger partial charge < -0.3 is 4.74 Å². The molecule has 2 rings (SSSR count). The van der Waals surface area contributed by atoms with E-state index in [1.165, 1.54) is 0 Å². The third kappa shape index (κ3) is 4.47. The molecule has 5 nitrogen and oxygen atoms in total. The Morgan fingerprint density at radius 1 is 1.25 bits per heavy atom. The van der Waals surface area contributed by atoms with E-state index in [4.69, 9.17) is 4.74 Å². The van der Waals surface area contributed by atoms with Gasteiger partial charge in [0.15, 0.2) is 0 Å². The highest BCUT2D eigenvalue weighted by Gasteiger charge is 2.01. The molecule has 0 saturated heterocycles. The zero-order valence-corrected chi connectivity index (χ0v) is 12.8. The van der Waals surface area contributed by atoms with Gasteiger partial charge in [0.25, 0.3) is 0 Å². The minimum atomic E-state index is -2.14. The van der Waals surface area contributed by atoms with Crippen molar-refractivity contribution in [3.05, 3.63) is 47.8 Å². The molecule has 0 bridgehead atoms. The second-order valence-electron chi connectivity index (χ2n) is 4.92. The van der Waals surface area contributed by atoms with Crippen LogP contribution in [0.15, 0.2) is 41.0 Å². The summed E-state index contributed by atoms with van der Waals surface area (Å²) in [5.41, 5.74) is 2.94. The van der Waals surface area contributed by atoms with E-state index in [9.17, 15) is 4.21 Å². The molecule has 0 amide bonds. The molecule has 1 aromatic carbocycles. The second-order valence-corrected chi connectivity index (χ2v) is 7.46. The fourth-order valence-electron chi connectivity index (χ4n) is 1.83. The lowest BCUT2D eigenvalue weighted by Crippen LogP contribution is -2.00. The molecule has 0 spiro atoms. The summed E-state index contributed by atoms with van der Waals surface area (Å²) in [5, 5.41) is 4.23. The number of benzene rings is 1. The summed E-state index contributed by atoms with van der Waals surface area (Å²) < 4.78 is 22.6. The van der Waals surface area contributed by atoms with Gasteiger partial charge in [-0.25, -0.2) is 4.21 Å². The Bertz CT molecular complexity index is 675. The number of hydrogen-bond acceptors (Lipinski definition) is 4. The normalized spacial score (nSPS) is 11.6. The van der Waals surface area contributed by atoms with E-state index in [2.05, 4.69) is 21.6 Å². The summed E-state index contributed by atoms with van der Waals surface area (Å²) in [6, 6.07) is 8.18. The third-order valence-corrected chi connectivity index (χ3v) is 3.27. The predicted octanol–water partition coefficient (Wildman–Crippen LogP) is 2.44. The van der Waals surface area contributed by atoms with Gasteiger partial charge in [0.1, 0.15) is 5.69 Å². The van der Waals surface area contributed by atoms with Crippen LogP contribution in [0.2, 0.25) is 0 Å². The highest BCUT2D eigenvalue weighted by molar-refractivity contribution is 7.92. The van der Waals surface area contributed by atoms with Crippen molar-refractivity contribution in [2.24, 2.45) is 4.36 Å². The molecule has 0 saturated carbocycles. The maximum atomic E-state index is 11.6. The Morgan fingerprint density at radius 3 is 2.50 bits per heavy atom. The number of ether oxygens (including phenoxy) is 1. The Labute approximate surface area is 119 Å². The number of hydrogen-bond donors (Lipinski definition) is 0. The first-order valence-electron chi connectivity index (χ1n) is 6.22. The largest absolute Gasteiger partial charge is 0.380 e. The summed E-state index contributed by atoms with van der Waals surface area (Å²) in [4.78, 5) is 0. The number of rotatable bonds is 5. The number of aromatic nitrogens is 2. The molecule has 0 atom stereocenters. The van der Waals surface area contributed by atoms with Gasteiger partial charge in [-0.3, -0.25) is 4.68 Å². The van der Waals surface area contributed by atoms with Gasteiger partial charge in [-0.05, 0) is 11.1 Å². The molecule has 108 valence electrons. The van der Waals surface area contributed by atoms with Crippen LogP contribution < -0.4 is 0 Å². The van der Waals surface area contributed by atoms with E-state index < -0.39 is 9.73 Å². The van der Waals surface area contributed by atoms with Crippen LogP contribution in [0, 0.1) is 0 Å². The van der Waals surface area contributed by atoms with Crippen molar-refractivity contribution in [3.8, 4) is 0 Å². The van der Waals surface area contributed by atoms with Gasteiger partial charge in [-0.15, -0.1) is 0 Å². The molecule has 0 fully saturated rings. The Morgan fingerprint density at radius 2 is 1.90 bits per heavy atom. The lowest BCUT2D eigenvalue weighted by atomic mass is 10.1. The summed E-state index contributed by atoms with van der Waals surface area (Å²) >= 11 is 0. The molecule has 1 aromatic heterocycles. The standard InChI is InChI=1S/C14H19N3O2S/c1-19-11-13-6-4-12(5-7-13)9-17-10-14(8-15-17)16-20(2,3)18/h4-8,10H,9,11H2,1-3H3. The predicted molar refractivity (Wildman–Crippen MR) is 80.6 cm³/mol. The summed E-state index contributed by atoms with van der Waals surface area (Å²) in [7, 11) is -0.458. The molecule has 0 aliphatic rings. The van der Waals surface area contributed by atoms with Crippen LogP contribution in [0.5, 0.6) is 0 Å². The summed E-state index contributed by atoms with van der Waals surface area (Å²) in [5.74, 6) is 0. The molecular formula is C14H19N3O2S. The van der Waals surface area contributed by atoms with E-state index >= 15 is 0 Å². The van der Waals surface area contributed by atoms with Crippen LogP contribution >= 0.6 is 0 Å². The third-order valence-electron chi connectivity index (χ3n) is 2.62. The quantitative estimate of drug-likeness (QED) is 0.850. The van der Waals surface area contributed by atoms with Crippen molar-refractivity contribution >= 4 is 15.4 Å². The molecular weight excluding hydrogens is 274 g/mol. The van der Waals surface area contributed by atoms with Gasteiger partial charge in [-0.2, -0.15) is 9.46 Å². The molecule has 2 aromatic rings. The molecule has 0 unspecified atom stereocenters. The van der Waals surface area contributed by atoms with Crippen LogP contribution in [0.3, 0.4) is 0 Å². The fraction of sp³-hybridized carbons (Fsp3) is 0.357. The monoisotopic (exact) mass is 293 g/mol. The van der Waals surface area contributed by atoms with E-state index in [0.717, 1.165) is 11.1 Å². The van der Waals surface area contributed by atoms with Crippen molar-refractivity contribution in [1.82, 2.24) is 9.78 Å². The van der Waals surface area contributed by atoms with Gasteiger partial charge in [0.2, 0.25) is 0 Å². The fourth-order valence-corrected chi connectivity index (χ4v) is 2.44. The van der Waals surface area contributed by atoms with E-state index in [1.54, 1.807) is 36.7 Å². The van der Waals surface area contributed by atoms with E-state index in [0.29, 0.717) is 18.8 Å². The maximum absolute atomic E-state index is 11.6. The van der Waals surface area contributed by atoms with Gasteiger partial charge >= 0.3 is 0 Å². The minimum Gasteiger partial charge on any atom is -0.380 e.